The van der Waals surface area contributed by atoms with Gasteiger partial charge in [0, 0.05) is 19.1 Å². The average Bonchev–Trinajstić information content (AvgIpc) is 3.23. The van der Waals surface area contributed by atoms with Crippen molar-refractivity contribution in [3.63, 3.8) is 0 Å². The van der Waals surface area contributed by atoms with Gasteiger partial charge in [-0.2, -0.15) is 0 Å². The molecule has 1 unspecified atom stereocenters. The Labute approximate surface area is 118 Å². The smallest absolute Gasteiger partial charge is 0.320 e. The summed E-state index contributed by atoms with van der Waals surface area (Å²) in [5.41, 5.74) is 0.942. The second-order valence-corrected chi connectivity index (χ2v) is 5.05. The largest absolute Gasteiger partial charge is 0.493 e. The third-order valence-corrected chi connectivity index (χ3v) is 3.33. The second kappa shape index (κ2) is 7.26. The standard InChI is InChI=1S/C15H21NO4/c17-9-7-11-3-1-2-4-14(11)20-10-8-13(15(18)19)16-12-5-6-12/h1-4,12-13,16-17H,5-10H2,(H,18,19). The number of carboxylic acid groups (broad SMARTS) is 1. The van der Waals surface area contributed by atoms with Crippen molar-refractivity contribution in [2.24, 2.45) is 0 Å². The fraction of sp³-hybridized carbons (Fsp3) is 0.533. The molecule has 1 aliphatic carbocycles. The van der Waals surface area contributed by atoms with E-state index in [2.05, 4.69) is 5.32 Å². The minimum Gasteiger partial charge on any atom is -0.493 e. The number of rotatable bonds is 9. The molecule has 1 aromatic rings. The molecule has 1 atom stereocenters. The molecule has 1 saturated carbocycles. The summed E-state index contributed by atoms with van der Waals surface area (Å²) in [7, 11) is 0. The molecule has 0 aliphatic heterocycles. The number of ether oxygens (including phenoxy) is 1. The first kappa shape index (κ1) is 14.8. The number of nitrogens with one attached hydrogen (secondary N) is 1. The van der Waals surface area contributed by atoms with Crippen LogP contribution in [0.1, 0.15) is 24.8 Å². The lowest BCUT2D eigenvalue weighted by Crippen LogP contribution is -2.39. The summed E-state index contributed by atoms with van der Waals surface area (Å²) >= 11 is 0. The van der Waals surface area contributed by atoms with E-state index in [1.807, 2.05) is 24.3 Å². The van der Waals surface area contributed by atoms with E-state index < -0.39 is 12.0 Å². The van der Waals surface area contributed by atoms with Crippen molar-refractivity contribution in [3.8, 4) is 5.75 Å². The molecule has 5 heteroatoms. The molecule has 0 saturated heterocycles. The minimum absolute atomic E-state index is 0.0708. The topological polar surface area (TPSA) is 78.8 Å². The fourth-order valence-corrected chi connectivity index (χ4v) is 2.07. The highest BCUT2D eigenvalue weighted by molar-refractivity contribution is 5.73. The molecule has 3 N–H and O–H groups in total. The van der Waals surface area contributed by atoms with E-state index >= 15 is 0 Å². The van der Waals surface area contributed by atoms with Gasteiger partial charge in [0.1, 0.15) is 11.8 Å². The minimum atomic E-state index is -0.829. The molecule has 5 nitrogen and oxygen atoms in total. The Hall–Kier alpha value is -1.59. The van der Waals surface area contributed by atoms with Crippen LogP contribution in [0.25, 0.3) is 0 Å². The zero-order chi connectivity index (χ0) is 14.4. The third kappa shape index (κ3) is 4.51. The van der Waals surface area contributed by atoms with Gasteiger partial charge in [-0.25, -0.2) is 0 Å². The molecule has 20 heavy (non-hydrogen) atoms. The molecular formula is C15H21NO4. The van der Waals surface area contributed by atoms with Crippen molar-refractivity contribution < 1.29 is 19.7 Å². The molecule has 1 fully saturated rings. The highest BCUT2D eigenvalue weighted by atomic mass is 16.5. The van der Waals surface area contributed by atoms with Crippen molar-refractivity contribution in [2.45, 2.75) is 37.8 Å². The zero-order valence-electron chi connectivity index (χ0n) is 11.4. The maximum absolute atomic E-state index is 11.1. The van der Waals surface area contributed by atoms with Crippen LogP contribution in [0.5, 0.6) is 5.75 Å². The molecular weight excluding hydrogens is 258 g/mol. The number of carboxylic acids is 1. The van der Waals surface area contributed by atoms with Gasteiger partial charge >= 0.3 is 5.97 Å². The Morgan fingerprint density at radius 3 is 2.80 bits per heavy atom. The Morgan fingerprint density at radius 2 is 2.15 bits per heavy atom. The van der Waals surface area contributed by atoms with Gasteiger partial charge in [0.2, 0.25) is 0 Å². The van der Waals surface area contributed by atoms with E-state index in [0.29, 0.717) is 25.5 Å². The number of aliphatic hydroxyl groups is 1. The second-order valence-electron chi connectivity index (χ2n) is 5.05. The lowest BCUT2D eigenvalue weighted by molar-refractivity contribution is -0.139. The van der Waals surface area contributed by atoms with Gasteiger partial charge in [0.25, 0.3) is 0 Å². The van der Waals surface area contributed by atoms with E-state index in [4.69, 9.17) is 14.9 Å². The SMILES string of the molecule is O=C(O)C(CCOc1ccccc1CCO)NC1CC1. The van der Waals surface area contributed by atoms with Gasteiger partial charge in [-0.15, -0.1) is 0 Å². The van der Waals surface area contributed by atoms with E-state index in [9.17, 15) is 4.79 Å². The van der Waals surface area contributed by atoms with Crippen LogP contribution in [0.2, 0.25) is 0 Å². The molecule has 110 valence electrons. The maximum atomic E-state index is 11.1. The van der Waals surface area contributed by atoms with Crippen LogP contribution in [0.3, 0.4) is 0 Å². The highest BCUT2D eigenvalue weighted by Crippen LogP contribution is 2.21. The van der Waals surface area contributed by atoms with E-state index in [0.717, 1.165) is 24.2 Å². The van der Waals surface area contributed by atoms with Crippen LogP contribution in [0.4, 0.5) is 0 Å². The quantitative estimate of drug-likeness (QED) is 0.633. The molecule has 1 aromatic carbocycles. The van der Waals surface area contributed by atoms with Gasteiger partial charge in [-0.3, -0.25) is 4.79 Å². The van der Waals surface area contributed by atoms with Crippen LogP contribution < -0.4 is 10.1 Å². The molecule has 0 aromatic heterocycles. The van der Waals surface area contributed by atoms with Gasteiger partial charge in [0.15, 0.2) is 0 Å². The molecule has 0 radical (unpaired) electrons. The van der Waals surface area contributed by atoms with Gasteiger partial charge in [-0.1, -0.05) is 18.2 Å². The molecule has 0 heterocycles. The lowest BCUT2D eigenvalue weighted by Gasteiger charge is -2.15. The number of aliphatic carboxylic acids is 1. The number of aliphatic hydroxyl groups excluding tert-OH is 1. The Kier molecular flexibility index (Phi) is 5.38. The Bertz CT molecular complexity index is 445. The van der Waals surface area contributed by atoms with E-state index in [-0.39, 0.29) is 6.61 Å². The number of carbonyl (C=O) groups is 1. The molecule has 1 aliphatic rings. The molecule has 2 rings (SSSR count). The zero-order valence-corrected chi connectivity index (χ0v) is 11.4. The molecule has 0 spiro atoms. The number of benzene rings is 1. The summed E-state index contributed by atoms with van der Waals surface area (Å²) in [6.07, 6.45) is 3.09. The average molecular weight is 279 g/mol. The van der Waals surface area contributed by atoms with Gasteiger partial charge < -0.3 is 20.3 Å². The van der Waals surface area contributed by atoms with Crippen LogP contribution in [-0.4, -0.2) is 41.5 Å². The monoisotopic (exact) mass is 279 g/mol. The van der Waals surface area contributed by atoms with Crippen LogP contribution >= 0.6 is 0 Å². The first-order valence-corrected chi connectivity index (χ1v) is 7.01. The first-order chi connectivity index (χ1) is 9.70. The molecule has 0 bridgehead atoms. The lowest BCUT2D eigenvalue weighted by atomic mass is 10.1. The predicted molar refractivity (Wildman–Crippen MR) is 74.9 cm³/mol. The van der Waals surface area contributed by atoms with Crippen LogP contribution in [0.15, 0.2) is 24.3 Å². The predicted octanol–water partition coefficient (Wildman–Crippen LogP) is 1.20. The summed E-state index contributed by atoms with van der Waals surface area (Å²) in [6, 6.07) is 7.32. The van der Waals surface area contributed by atoms with Gasteiger partial charge in [0.05, 0.1) is 6.61 Å². The summed E-state index contributed by atoms with van der Waals surface area (Å²) < 4.78 is 5.66. The van der Waals surface area contributed by atoms with E-state index in [1.54, 1.807) is 0 Å². The third-order valence-electron chi connectivity index (χ3n) is 3.33. The Morgan fingerprint density at radius 1 is 1.40 bits per heavy atom. The summed E-state index contributed by atoms with van der Waals surface area (Å²) in [5.74, 6) is -0.110. The first-order valence-electron chi connectivity index (χ1n) is 7.01. The van der Waals surface area contributed by atoms with Crippen molar-refractivity contribution in [1.82, 2.24) is 5.32 Å². The Balaban J connectivity index is 1.83. The highest BCUT2D eigenvalue weighted by Gasteiger charge is 2.28. The van der Waals surface area contributed by atoms with Crippen molar-refractivity contribution in [3.05, 3.63) is 29.8 Å². The fourth-order valence-electron chi connectivity index (χ4n) is 2.07. The number of hydrogen-bond donors (Lipinski definition) is 3. The summed E-state index contributed by atoms with van der Waals surface area (Å²) in [4.78, 5) is 11.1. The number of hydrogen-bond acceptors (Lipinski definition) is 4. The van der Waals surface area contributed by atoms with Crippen molar-refractivity contribution in [2.75, 3.05) is 13.2 Å². The maximum Gasteiger partial charge on any atom is 0.320 e. The molecule has 0 amide bonds. The van der Waals surface area contributed by atoms with E-state index in [1.165, 1.54) is 0 Å². The van der Waals surface area contributed by atoms with Crippen LogP contribution in [-0.2, 0) is 11.2 Å². The summed E-state index contributed by atoms with van der Waals surface area (Å²) in [6.45, 7) is 0.417. The number of para-hydroxylation sites is 1. The normalized spacial score (nSPS) is 15.8. The van der Waals surface area contributed by atoms with Crippen LogP contribution in [0, 0.1) is 0 Å². The van der Waals surface area contributed by atoms with Crippen molar-refractivity contribution in [1.29, 1.82) is 0 Å². The van der Waals surface area contributed by atoms with Crippen molar-refractivity contribution >= 4 is 5.97 Å². The van der Waals surface area contributed by atoms with Gasteiger partial charge in [-0.05, 0) is 30.9 Å². The summed E-state index contributed by atoms with van der Waals surface area (Å²) in [5, 5.41) is 21.2.